The second-order valence-electron chi connectivity index (χ2n) is 4.18. The van der Waals surface area contributed by atoms with Crippen LogP contribution in [-0.2, 0) is 4.79 Å². The average Bonchev–Trinajstić information content (AvgIpc) is 2.34. The largest absolute Gasteiger partial charge is 0.357 e. The topological polar surface area (TPSA) is 47.9 Å². The van der Waals surface area contributed by atoms with Crippen LogP contribution in [0.5, 0.6) is 0 Å². The fourth-order valence-electron chi connectivity index (χ4n) is 1.82. The van der Waals surface area contributed by atoms with Crippen molar-refractivity contribution < 1.29 is 4.79 Å². The summed E-state index contributed by atoms with van der Waals surface area (Å²) >= 11 is 3.31. The van der Waals surface area contributed by atoms with Crippen LogP contribution >= 0.6 is 39.9 Å². The molecule has 1 aliphatic rings. The zero-order chi connectivity index (χ0) is 13.5. The van der Waals surface area contributed by atoms with Crippen molar-refractivity contribution in [3.05, 3.63) is 11.1 Å². The first-order chi connectivity index (χ1) is 8.54. The molecule has 1 fully saturated rings. The van der Waals surface area contributed by atoms with E-state index in [9.17, 15) is 4.79 Å². The molecule has 19 heavy (non-hydrogen) atoms. The van der Waals surface area contributed by atoms with Crippen molar-refractivity contribution in [2.75, 3.05) is 39.3 Å². The summed E-state index contributed by atoms with van der Waals surface area (Å²) in [6.07, 6.45) is 0. The van der Waals surface area contributed by atoms with E-state index >= 15 is 0 Å². The Hall–Kier alpha value is -0.310. The Labute approximate surface area is 140 Å². The zero-order valence-electron chi connectivity index (χ0n) is 11.5. The van der Waals surface area contributed by atoms with Gasteiger partial charge in [-0.15, -0.1) is 24.0 Å². The van der Waals surface area contributed by atoms with Crippen LogP contribution in [0.25, 0.3) is 0 Å². The quantitative estimate of drug-likeness (QED) is 0.409. The van der Waals surface area contributed by atoms with Crippen molar-refractivity contribution in [2.45, 2.75) is 13.8 Å². The number of aliphatic imine (C=N–C) groups is 1. The van der Waals surface area contributed by atoms with Gasteiger partial charge in [0, 0.05) is 44.1 Å². The van der Waals surface area contributed by atoms with E-state index in [1.165, 1.54) is 0 Å². The Morgan fingerprint density at radius 1 is 1.32 bits per heavy atom. The van der Waals surface area contributed by atoms with Crippen LogP contribution in [0.4, 0.5) is 0 Å². The first-order valence-corrected chi connectivity index (χ1v) is 6.96. The maximum atomic E-state index is 11.3. The third kappa shape index (κ3) is 6.60. The van der Waals surface area contributed by atoms with Gasteiger partial charge in [0.05, 0.1) is 6.54 Å². The third-order valence-electron chi connectivity index (χ3n) is 2.76. The molecular weight excluding hydrogens is 423 g/mol. The lowest BCUT2D eigenvalue weighted by atomic mass is 10.3. The van der Waals surface area contributed by atoms with Gasteiger partial charge in [0.1, 0.15) is 0 Å². The van der Waals surface area contributed by atoms with E-state index in [1.807, 2.05) is 11.8 Å². The number of hydrogen-bond donors (Lipinski definition) is 1. The minimum Gasteiger partial charge on any atom is -0.357 e. The van der Waals surface area contributed by atoms with Crippen molar-refractivity contribution in [2.24, 2.45) is 4.99 Å². The minimum absolute atomic E-state index is 0. The number of guanidine groups is 1. The Kier molecular flexibility index (Phi) is 9.42. The van der Waals surface area contributed by atoms with Gasteiger partial charge in [0.25, 0.3) is 0 Å². The van der Waals surface area contributed by atoms with Gasteiger partial charge >= 0.3 is 0 Å². The standard InChI is InChI=1S/C12H21BrN4O.HI/c1-4-14-12(15-9-10(2)13)17-7-5-16(6-8-17)11(3)18;/h2,4-9H2,1,3H3,(H,14,15);1H. The van der Waals surface area contributed by atoms with Crippen LogP contribution in [0.1, 0.15) is 13.8 Å². The van der Waals surface area contributed by atoms with Crippen molar-refractivity contribution in [3.8, 4) is 0 Å². The van der Waals surface area contributed by atoms with E-state index in [1.54, 1.807) is 6.92 Å². The second-order valence-corrected chi connectivity index (χ2v) is 5.30. The predicted octanol–water partition coefficient (Wildman–Crippen LogP) is 1.64. The summed E-state index contributed by atoms with van der Waals surface area (Å²) in [5.41, 5.74) is 0. The zero-order valence-corrected chi connectivity index (χ0v) is 15.4. The highest BCUT2D eigenvalue weighted by Crippen LogP contribution is 2.05. The van der Waals surface area contributed by atoms with Gasteiger partial charge in [-0.25, -0.2) is 4.99 Å². The fourth-order valence-corrected chi connectivity index (χ4v) is 1.95. The maximum absolute atomic E-state index is 11.3. The SMILES string of the molecule is C=C(Br)CN=C(NCC)N1CCN(C(C)=O)CC1.I. The van der Waals surface area contributed by atoms with E-state index in [0.29, 0.717) is 6.54 Å². The van der Waals surface area contributed by atoms with Gasteiger partial charge in [-0.3, -0.25) is 4.79 Å². The van der Waals surface area contributed by atoms with E-state index in [2.05, 4.69) is 37.7 Å². The molecule has 1 amide bonds. The van der Waals surface area contributed by atoms with Crippen LogP contribution in [0.3, 0.4) is 0 Å². The van der Waals surface area contributed by atoms with Crippen molar-refractivity contribution >= 4 is 51.8 Å². The summed E-state index contributed by atoms with van der Waals surface area (Å²) in [6.45, 7) is 12.0. The fraction of sp³-hybridized carbons (Fsp3) is 0.667. The Balaban J connectivity index is 0.00000324. The molecule has 1 rings (SSSR count). The van der Waals surface area contributed by atoms with Crippen LogP contribution in [0.2, 0.25) is 0 Å². The lowest BCUT2D eigenvalue weighted by molar-refractivity contribution is -0.130. The highest BCUT2D eigenvalue weighted by Gasteiger charge is 2.20. The number of carbonyl (C=O) groups is 1. The molecule has 1 N–H and O–H groups in total. The summed E-state index contributed by atoms with van der Waals surface area (Å²) in [4.78, 5) is 19.8. The molecule has 110 valence electrons. The summed E-state index contributed by atoms with van der Waals surface area (Å²) in [5, 5.41) is 3.26. The smallest absolute Gasteiger partial charge is 0.219 e. The first-order valence-electron chi connectivity index (χ1n) is 6.16. The summed E-state index contributed by atoms with van der Waals surface area (Å²) in [6, 6.07) is 0. The number of amides is 1. The number of nitrogens with zero attached hydrogens (tertiary/aromatic N) is 3. The molecule has 0 atom stereocenters. The Morgan fingerprint density at radius 2 is 1.84 bits per heavy atom. The summed E-state index contributed by atoms with van der Waals surface area (Å²) < 4.78 is 0.861. The molecule has 0 spiro atoms. The van der Waals surface area contributed by atoms with Crippen molar-refractivity contribution in [1.82, 2.24) is 15.1 Å². The van der Waals surface area contributed by atoms with Gasteiger partial charge in [-0.1, -0.05) is 22.5 Å². The van der Waals surface area contributed by atoms with Crippen molar-refractivity contribution in [3.63, 3.8) is 0 Å². The Morgan fingerprint density at radius 3 is 2.26 bits per heavy atom. The van der Waals surface area contributed by atoms with Gasteiger partial charge in [0.15, 0.2) is 5.96 Å². The lowest BCUT2D eigenvalue weighted by Crippen LogP contribution is -2.53. The van der Waals surface area contributed by atoms with E-state index in [-0.39, 0.29) is 29.9 Å². The molecule has 0 aromatic rings. The van der Waals surface area contributed by atoms with E-state index < -0.39 is 0 Å². The monoisotopic (exact) mass is 444 g/mol. The first kappa shape index (κ1) is 18.7. The van der Waals surface area contributed by atoms with Gasteiger partial charge in [0.2, 0.25) is 5.91 Å². The third-order valence-corrected chi connectivity index (χ3v) is 3.01. The van der Waals surface area contributed by atoms with E-state index in [0.717, 1.165) is 43.2 Å². The summed E-state index contributed by atoms with van der Waals surface area (Å²) in [7, 11) is 0. The van der Waals surface area contributed by atoms with Gasteiger partial charge in [-0.2, -0.15) is 0 Å². The highest BCUT2D eigenvalue weighted by molar-refractivity contribution is 14.0. The minimum atomic E-state index is 0. The highest BCUT2D eigenvalue weighted by atomic mass is 127. The van der Waals surface area contributed by atoms with Crippen molar-refractivity contribution in [1.29, 1.82) is 0 Å². The van der Waals surface area contributed by atoms with Crippen LogP contribution in [0, 0.1) is 0 Å². The maximum Gasteiger partial charge on any atom is 0.219 e. The lowest BCUT2D eigenvalue weighted by Gasteiger charge is -2.36. The molecule has 0 bridgehead atoms. The molecular formula is C12H22BrIN4O. The molecule has 0 aromatic carbocycles. The number of carbonyl (C=O) groups excluding carboxylic acids is 1. The van der Waals surface area contributed by atoms with Crippen LogP contribution < -0.4 is 5.32 Å². The number of halogens is 2. The number of rotatable bonds is 3. The summed E-state index contributed by atoms with van der Waals surface area (Å²) in [5.74, 6) is 1.03. The normalized spacial score (nSPS) is 15.8. The second kappa shape index (κ2) is 9.57. The van der Waals surface area contributed by atoms with Gasteiger partial charge in [-0.05, 0) is 6.92 Å². The molecule has 1 heterocycles. The molecule has 1 saturated heterocycles. The molecule has 5 nitrogen and oxygen atoms in total. The molecule has 0 unspecified atom stereocenters. The molecule has 0 aromatic heterocycles. The van der Waals surface area contributed by atoms with Crippen LogP contribution in [-0.4, -0.2) is 60.9 Å². The van der Waals surface area contributed by atoms with Gasteiger partial charge < -0.3 is 15.1 Å². The number of nitrogens with one attached hydrogen (secondary N) is 1. The number of hydrogen-bond acceptors (Lipinski definition) is 2. The molecule has 0 radical (unpaired) electrons. The molecule has 0 aliphatic carbocycles. The number of piperazine rings is 1. The Bertz CT molecular complexity index is 341. The average molecular weight is 445 g/mol. The molecule has 7 heteroatoms. The molecule has 1 aliphatic heterocycles. The predicted molar refractivity (Wildman–Crippen MR) is 93.3 cm³/mol. The van der Waals surface area contributed by atoms with Crippen LogP contribution in [0.15, 0.2) is 16.1 Å². The molecule has 0 saturated carbocycles. The van der Waals surface area contributed by atoms with E-state index in [4.69, 9.17) is 0 Å².